The van der Waals surface area contributed by atoms with Gasteiger partial charge >= 0.3 is 0 Å². The van der Waals surface area contributed by atoms with Crippen molar-refractivity contribution in [2.75, 3.05) is 44.4 Å². The van der Waals surface area contributed by atoms with Gasteiger partial charge in [-0.25, -0.2) is 0 Å². The van der Waals surface area contributed by atoms with Crippen LogP contribution in [0.15, 0.2) is 66.1 Å². The Bertz CT molecular complexity index is 1030. The fourth-order valence-electron chi connectivity index (χ4n) is 3.61. The second-order valence-corrected chi connectivity index (χ2v) is 8.93. The summed E-state index contributed by atoms with van der Waals surface area (Å²) in [5.41, 5.74) is 1.93. The summed E-state index contributed by atoms with van der Waals surface area (Å²) in [5.74, 6) is 0.483. The quantitative estimate of drug-likeness (QED) is 0.432. The van der Waals surface area contributed by atoms with E-state index in [1.807, 2.05) is 48.5 Å². The Morgan fingerprint density at radius 2 is 1.81 bits per heavy atom. The SMILES string of the molecule is C=CCOc1ccc(C=C2SC(=O)N(CN3CCN(c4cccc(Cl)c4)CC3)C2=O)cc1. The van der Waals surface area contributed by atoms with Crippen LogP contribution >= 0.6 is 23.4 Å². The van der Waals surface area contributed by atoms with Crippen molar-refractivity contribution in [2.45, 2.75) is 0 Å². The van der Waals surface area contributed by atoms with E-state index < -0.39 is 0 Å². The first-order valence-electron chi connectivity index (χ1n) is 10.4. The van der Waals surface area contributed by atoms with Gasteiger partial charge in [0.05, 0.1) is 11.6 Å². The second kappa shape index (κ2) is 10.3. The molecule has 2 aliphatic rings. The van der Waals surface area contributed by atoms with Gasteiger partial charge in [-0.2, -0.15) is 0 Å². The van der Waals surface area contributed by atoms with Crippen molar-refractivity contribution >= 4 is 46.3 Å². The summed E-state index contributed by atoms with van der Waals surface area (Å²) >= 11 is 7.09. The van der Waals surface area contributed by atoms with Crippen molar-refractivity contribution in [3.8, 4) is 5.75 Å². The molecule has 0 spiro atoms. The topological polar surface area (TPSA) is 53.1 Å². The highest BCUT2D eigenvalue weighted by Crippen LogP contribution is 2.33. The molecule has 0 N–H and O–H groups in total. The lowest BCUT2D eigenvalue weighted by molar-refractivity contribution is -0.124. The number of anilines is 1. The number of rotatable bonds is 7. The maximum atomic E-state index is 12.9. The van der Waals surface area contributed by atoms with E-state index in [-0.39, 0.29) is 11.1 Å². The molecule has 0 unspecified atom stereocenters. The number of nitrogens with zero attached hydrogens (tertiary/aromatic N) is 3. The summed E-state index contributed by atoms with van der Waals surface area (Å²) in [6.07, 6.45) is 3.43. The number of ether oxygens (including phenoxy) is 1. The highest BCUT2D eigenvalue weighted by atomic mass is 35.5. The Morgan fingerprint density at radius 1 is 1.06 bits per heavy atom. The van der Waals surface area contributed by atoms with Gasteiger partial charge in [-0.15, -0.1) is 0 Å². The van der Waals surface area contributed by atoms with Crippen LogP contribution in [0.25, 0.3) is 6.08 Å². The number of halogens is 1. The highest BCUT2D eigenvalue weighted by Gasteiger charge is 2.36. The van der Waals surface area contributed by atoms with E-state index >= 15 is 0 Å². The van der Waals surface area contributed by atoms with Gasteiger partial charge < -0.3 is 9.64 Å². The normalized spacial score (nSPS) is 18.5. The van der Waals surface area contributed by atoms with E-state index in [4.69, 9.17) is 16.3 Å². The largest absolute Gasteiger partial charge is 0.490 e. The van der Waals surface area contributed by atoms with Crippen LogP contribution in [0.5, 0.6) is 5.75 Å². The first-order valence-corrected chi connectivity index (χ1v) is 11.5. The molecule has 2 aromatic carbocycles. The van der Waals surface area contributed by atoms with Gasteiger partial charge in [0.1, 0.15) is 12.4 Å². The Labute approximate surface area is 197 Å². The van der Waals surface area contributed by atoms with Gasteiger partial charge in [0.25, 0.3) is 11.1 Å². The number of thioether (sulfide) groups is 1. The van der Waals surface area contributed by atoms with Crippen molar-refractivity contribution in [3.63, 3.8) is 0 Å². The lowest BCUT2D eigenvalue weighted by Gasteiger charge is -2.37. The summed E-state index contributed by atoms with van der Waals surface area (Å²) in [4.78, 5) is 31.5. The van der Waals surface area contributed by atoms with Gasteiger partial charge in [0.15, 0.2) is 0 Å². The van der Waals surface area contributed by atoms with Crippen molar-refractivity contribution in [2.24, 2.45) is 0 Å². The zero-order chi connectivity index (χ0) is 22.5. The van der Waals surface area contributed by atoms with Crippen molar-refractivity contribution in [1.29, 1.82) is 0 Å². The maximum absolute atomic E-state index is 12.9. The molecule has 166 valence electrons. The highest BCUT2D eigenvalue weighted by molar-refractivity contribution is 8.18. The van der Waals surface area contributed by atoms with Crippen LogP contribution in [0.4, 0.5) is 10.5 Å². The Kier molecular flexibility index (Phi) is 7.19. The van der Waals surface area contributed by atoms with Crippen molar-refractivity contribution in [3.05, 3.63) is 76.7 Å². The summed E-state index contributed by atoms with van der Waals surface area (Å²) in [5, 5.41) is 0.484. The molecule has 8 heteroatoms. The first-order chi connectivity index (χ1) is 15.5. The van der Waals surface area contributed by atoms with Gasteiger partial charge in [-0.05, 0) is 53.7 Å². The lowest BCUT2D eigenvalue weighted by Crippen LogP contribution is -2.50. The minimum absolute atomic E-state index is 0.232. The van der Waals surface area contributed by atoms with E-state index in [2.05, 4.69) is 16.4 Å². The zero-order valence-electron chi connectivity index (χ0n) is 17.6. The van der Waals surface area contributed by atoms with Crippen molar-refractivity contribution in [1.82, 2.24) is 9.80 Å². The fourth-order valence-corrected chi connectivity index (χ4v) is 4.63. The van der Waals surface area contributed by atoms with Crippen LogP contribution in [0.2, 0.25) is 5.02 Å². The maximum Gasteiger partial charge on any atom is 0.294 e. The Hall–Kier alpha value is -2.74. The fraction of sp³-hybridized carbons (Fsp3) is 0.250. The number of piperazine rings is 1. The lowest BCUT2D eigenvalue weighted by atomic mass is 10.2. The zero-order valence-corrected chi connectivity index (χ0v) is 19.1. The number of benzene rings is 2. The summed E-state index contributed by atoms with van der Waals surface area (Å²) in [6, 6.07) is 15.2. The number of carbonyl (C=O) groups excluding carboxylic acids is 2. The molecule has 2 aliphatic heterocycles. The van der Waals surface area contributed by atoms with Crippen molar-refractivity contribution < 1.29 is 14.3 Å². The second-order valence-electron chi connectivity index (χ2n) is 7.50. The molecule has 0 saturated carbocycles. The summed E-state index contributed by atoms with van der Waals surface area (Å²) in [7, 11) is 0. The Balaban J connectivity index is 1.34. The summed E-state index contributed by atoms with van der Waals surface area (Å²) in [6.45, 7) is 7.52. The van der Waals surface area contributed by atoms with E-state index in [1.54, 1.807) is 12.2 Å². The van der Waals surface area contributed by atoms with Crippen LogP contribution in [0, 0.1) is 0 Å². The van der Waals surface area contributed by atoms with Gasteiger partial charge in [-0.3, -0.25) is 19.4 Å². The first kappa shape index (κ1) is 22.5. The average molecular weight is 470 g/mol. The number of hydrogen-bond donors (Lipinski definition) is 0. The van der Waals surface area contributed by atoms with Crippen LogP contribution in [0.3, 0.4) is 0 Å². The monoisotopic (exact) mass is 469 g/mol. The number of carbonyl (C=O) groups is 2. The molecule has 2 saturated heterocycles. The molecule has 0 bridgehead atoms. The van der Waals surface area contributed by atoms with Gasteiger partial charge in [0.2, 0.25) is 0 Å². The van der Waals surface area contributed by atoms with E-state index in [1.165, 1.54) is 4.90 Å². The standard InChI is InChI=1S/C24H24ClN3O3S/c1-2-14-31-21-8-6-18(7-9-21)15-22-23(29)28(24(30)32-22)17-26-10-12-27(13-11-26)20-5-3-4-19(25)16-20/h2-9,15-16H,1,10-14,17H2. The minimum atomic E-state index is -0.246. The molecule has 4 rings (SSSR count). The van der Waals surface area contributed by atoms with Crippen LogP contribution in [0.1, 0.15) is 5.56 Å². The molecule has 0 aliphatic carbocycles. The third kappa shape index (κ3) is 5.35. The molecular weight excluding hydrogens is 446 g/mol. The molecule has 2 fully saturated rings. The van der Waals surface area contributed by atoms with E-state index in [0.29, 0.717) is 23.2 Å². The average Bonchev–Trinajstić information content (AvgIpc) is 3.06. The molecule has 2 aromatic rings. The number of imide groups is 1. The minimum Gasteiger partial charge on any atom is -0.490 e. The van der Waals surface area contributed by atoms with E-state index in [0.717, 1.165) is 54.9 Å². The van der Waals surface area contributed by atoms with Gasteiger partial charge in [0, 0.05) is 36.9 Å². The number of hydrogen-bond acceptors (Lipinski definition) is 6. The molecule has 6 nitrogen and oxygen atoms in total. The Morgan fingerprint density at radius 3 is 2.50 bits per heavy atom. The van der Waals surface area contributed by atoms with Crippen LogP contribution in [-0.2, 0) is 4.79 Å². The smallest absolute Gasteiger partial charge is 0.294 e. The predicted molar refractivity (Wildman–Crippen MR) is 130 cm³/mol. The number of amides is 2. The molecule has 32 heavy (non-hydrogen) atoms. The molecule has 2 heterocycles. The van der Waals surface area contributed by atoms with Crippen LogP contribution < -0.4 is 9.64 Å². The molecular formula is C24H24ClN3O3S. The molecule has 0 aromatic heterocycles. The molecule has 0 radical (unpaired) electrons. The third-order valence-electron chi connectivity index (χ3n) is 5.31. The van der Waals surface area contributed by atoms with Gasteiger partial charge in [-0.1, -0.05) is 42.5 Å². The van der Waals surface area contributed by atoms with E-state index in [9.17, 15) is 9.59 Å². The van der Waals surface area contributed by atoms with Crippen LogP contribution in [-0.4, -0.2) is 60.4 Å². The summed E-state index contributed by atoms with van der Waals surface area (Å²) < 4.78 is 5.47. The molecule has 2 amide bonds. The molecule has 0 atom stereocenters. The predicted octanol–water partition coefficient (Wildman–Crippen LogP) is 4.72. The third-order valence-corrected chi connectivity index (χ3v) is 6.45.